The number of para-hydroxylation sites is 2. The van der Waals surface area contributed by atoms with Crippen LogP contribution in [0, 0.1) is 0 Å². The van der Waals surface area contributed by atoms with E-state index in [1.165, 1.54) is 4.90 Å². The van der Waals surface area contributed by atoms with Gasteiger partial charge in [-0.25, -0.2) is 0 Å². The Morgan fingerprint density at radius 2 is 1.19 bits per heavy atom. The van der Waals surface area contributed by atoms with Gasteiger partial charge in [-0.2, -0.15) is 0 Å². The lowest BCUT2D eigenvalue weighted by molar-refractivity contribution is -0.138. The van der Waals surface area contributed by atoms with Gasteiger partial charge in [0, 0.05) is 24.2 Å². The van der Waals surface area contributed by atoms with E-state index in [9.17, 15) is 9.59 Å². The molecular weight excluding hydrogens is 264 g/mol. The van der Waals surface area contributed by atoms with Gasteiger partial charge in [-0.1, -0.05) is 36.4 Å². The number of anilines is 2. The molecule has 4 nitrogen and oxygen atoms in total. The third-order valence-corrected chi connectivity index (χ3v) is 3.57. The predicted molar refractivity (Wildman–Crippen MR) is 81.0 cm³/mol. The molecule has 2 amide bonds. The summed E-state index contributed by atoms with van der Waals surface area (Å²) in [5.74, 6) is -0.200. The third-order valence-electron chi connectivity index (χ3n) is 3.57. The van der Waals surface area contributed by atoms with Gasteiger partial charge in [-0.3, -0.25) is 14.5 Å². The number of carbonyl (C=O) groups excluding carboxylic acids is 2. The highest BCUT2D eigenvalue weighted by Gasteiger charge is 2.30. The Hall–Kier alpha value is -2.62. The molecule has 0 N–H and O–H groups in total. The fraction of sp³-hybridized carbons (Fsp3) is 0.176. The lowest BCUT2D eigenvalue weighted by Crippen LogP contribution is -2.38. The van der Waals surface area contributed by atoms with E-state index in [4.69, 9.17) is 0 Å². The van der Waals surface area contributed by atoms with E-state index in [1.807, 2.05) is 65.6 Å². The van der Waals surface area contributed by atoms with Crippen molar-refractivity contribution in [3.8, 4) is 0 Å². The summed E-state index contributed by atoms with van der Waals surface area (Å²) in [4.78, 5) is 27.0. The van der Waals surface area contributed by atoms with Crippen molar-refractivity contribution < 1.29 is 9.59 Å². The number of hydrogen-bond donors (Lipinski definition) is 0. The first-order valence-corrected chi connectivity index (χ1v) is 6.96. The maximum atomic E-state index is 11.9. The molecule has 0 aliphatic carbocycles. The molecule has 0 spiro atoms. The third kappa shape index (κ3) is 2.79. The maximum absolute atomic E-state index is 11.9. The fourth-order valence-corrected chi connectivity index (χ4v) is 2.45. The van der Waals surface area contributed by atoms with E-state index in [0.29, 0.717) is 12.8 Å². The average molecular weight is 280 g/mol. The monoisotopic (exact) mass is 280 g/mol. The number of imide groups is 1. The highest BCUT2D eigenvalue weighted by Crippen LogP contribution is 2.26. The summed E-state index contributed by atoms with van der Waals surface area (Å²) < 4.78 is 0. The van der Waals surface area contributed by atoms with Crippen LogP contribution < -0.4 is 4.90 Å². The van der Waals surface area contributed by atoms with Gasteiger partial charge in [0.2, 0.25) is 11.8 Å². The Bertz CT molecular complexity index is 585. The average Bonchev–Trinajstić information content (AvgIpc) is 2.85. The molecule has 1 aliphatic rings. The summed E-state index contributed by atoms with van der Waals surface area (Å²) in [6.45, 7) is 0.256. The standard InChI is InChI=1S/C17H16N2O2/c20-16-11-12-17(21)19(16)13-18(14-7-3-1-4-8-14)15-9-5-2-6-10-15/h1-10H,11-13H2. The van der Waals surface area contributed by atoms with Crippen LogP contribution in [0.1, 0.15) is 12.8 Å². The van der Waals surface area contributed by atoms with Crippen molar-refractivity contribution in [2.24, 2.45) is 0 Å². The van der Waals surface area contributed by atoms with Gasteiger partial charge < -0.3 is 4.90 Å². The van der Waals surface area contributed by atoms with E-state index in [2.05, 4.69) is 0 Å². The van der Waals surface area contributed by atoms with Crippen LogP contribution in [-0.2, 0) is 9.59 Å². The Balaban J connectivity index is 1.93. The molecule has 1 fully saturated rings. The lowest BCUT2D eigenvalue weighted by atomic mass is 10.2. The van der Waals surface area contributed by atoms with Gasteiger partial charge in [0.15, 0.2) is 0 Å². The molecule has 0 radical (unpaired) electrons. The van der Waals surface area contributed by atoms with Crippen molar-refractivity contribution in [2.45, 2.75) is 12.8 Å². The molecule has 0 saturated carbocycles. The molecule has 0 unspecified atom stereocenters. The topological polar surface area (TPSA) is 40.6 Å². The first kappa shape index (κ1) is 13.4. The molecular formula is C17H16N2O2. The zero-order chi connectivity index (χ0) is 14.7. The Kier molecular flexibility index (Phi) is 3.69. The normalized spacial score (nSPS) is 14.6. The van der Waals surface area contributed by atoms with Gasteiger partial charge in [-0.15, -0.1) is 0 Å². The summed E-state index contributed by atoms with van der Waals surface area (Å²) in [7, 11) is 0. The second-order valence-electron chi connectivity index (χ2n) is 4.96. The molecule has 2 aromatic rings. The van der Waals surface area contributed by atoms with Crippen LogP contribution in [0.2, 0.25) is 0 Å². The molecule has 0 bridgehead atoms. The quantitative estimate of drug-likeness (QED) is 0.808. The van der Waals surface area contributed by atoms with Gasteiger partial charge in [-0.05, 0) is 24.3 Å². The zero-order valence-corrected chi connectivity index (χ0v) is 11.6. The van der Waals surface area contributed by atoms with E-state index in [-0.39, 0.29) is 18.5 Å². The molecule has 4 heteroatoms. The van der Waals surface area contributed by atoms with E-state index < -0.39 is 0 Å². The molecule has 106 valence electrons. The Morgan fingerprint density at radius 1 is 0.762 bits per heavy atom. The zero-order valence-electron chi connectivity index (χ0n) is 11.6. The summed E-state index contributed by atoms with van der Waals surface area (Å²) in [6, 6.07) is 19.5. The second-order valence-corrected chi connectivity index (χ2v) is 4.96. The number of amides is 2. The lowest BCUT2D eigenvalue weighted by Gasteiger charge is -2.28. The van der Waals surface area contributed by atoms with Crippen molar-refractivity contribution in [3.63, 3.8) is 0 Å². The summed E-state index contributed by atoms with van der Waals surface area (Å²) in [6.07, 6.45) is 0.631. The van der Waals surface area contributed by atoms with Crippen LogP contribution in [0.4, 0.5) is 11.4 Å². The number of nitrogens with zero attached hydrogens (tertiary/aromatic N) is 2. The molecule has 1 heterocycles. The minimum absolute atomic E-state index is 0.100. The van der Waals surface area contributed by atoms with Crippen molar-refractivity contribution in [1.29, 1.82) is 0 Å². The largest absolute Gasteiger partial charge is 0.323 e. The maximum Gasteiger partial charge on any atom is 0.231 e. The van der Waals surface area contributed by atoms with Crippen LogP contribution >= 0.6 is 0 Å². The minimum Gasteiger partial charge on any atom is -0.323 e. The van der Waals surface area contributed by atoms with Crippen molar-refractivity contribution in [3.05, 3.63) is 60.7 Å². The number of hydrogen-bond acceptors (Lipinski definition) is 3. The SMILES string of the molecule is O=C1CCC(=O)N1CN(c1ccccc1)c1ccccc1. The van der Waals surface area contributed by atoms with Gasteiger partial charge >= 0.3 is 0 Å². The highest BCUT2D eigenvalue weighted by molar-refractivity contribution is 6.02. The summed E-state index contributed by atoms with van der Waals surface area (Å²) in [5.41, 5.74) is 1.91. The fourth-order valence-electron chi connectivity index (χ4n) is 2.45. The van der Waals surface area contributed by atoms with E-state index in [0.717, 1.165) is 11.4 Å². The smallest absolute Gasteiger partial charge is 0.231 e. The minimum atomic E-state index is -0.100. The molecule has 0 atom stereocenters. The van der Waals surface area contributed by atoms with Crippen LogP contribution in [-0.4, -0.2) is 23.4 Å². The van der Waals surface area contributed by atoms with Gasteiger partial charge in [0.1, 0.15) is 6.67 Å². The molecule has 1 aliphatic heterocycles. The summed E-state index contributed by atoms with van der Waals surface area (Å²) in [5, 5.41) is 0. The van der Waals surface area contributed by atoms with Crippen LogP contribution in [0.5, 0.6) is 0 Å². The van der Waals surface area contributed by atoms with Crippen molar-refractivity contribution in [1.82, 2.24) is 4.90 Å². The number of rotatable bonds is 4. The Morgan fingerprint density at radius 3 is 1.62 bits per heavy atom. The highest BCUT2D eigenvalue weighted by atomic mass is 16.2. The predicted octanol–water partition coefficient (Wildman–Crippen LogP) is 2.93. The second kappa shape index (κ2) is 5.79. The van der Waals surface area contributed by atoms with Crippen molar-refractivity contribution in [2.75, 3.05) is 11.6 Å². The van der Waals surface area contributed by atoms with Crippen LogP contribution in [0.3, 0.4) is 0 Å². The molecule has 3 rings (SSSR count). The van der Waals surface area contributed by atoms with Crippen LogP contribution in [0.25, 0.3) is 0 Å². The number of benzene rings is 2. The van der Waals surface area contributed by atoms with Gasteiger partial charge in [0.05, 0.1) is 0 Å². The van der Waals surface area contributed by atoms with Crippen molar-refractivity contribution >= 4 is 23.2 Å². The van der Waals surface area contributed by atoms with E-state index in [1.54, 1.807) is 0 Å². The van der Waals surface area contributed by atoms with Crippen LogP contribution in [0.15, 0.2) is 60.7 Å². The Labute approximate surface area is 123 Å². The number of likely N-dealkylation sites (tertiary alicyclic amines) is 1. The number of carbonyl (C=O) groups is 2. The van der Waals surface area contributed by atoms with E-state index >= 15 is 0 Å². The molecule has 0 aromatic heterocycles. The molecule has 21 heavy (non-hydrogen) atoms. The molecule has 2 aromatic carbocycles. The first-order chi connectivity index (χ1) is 10.3. The summed E-state index contributed by atoms with van der Waals surface area (Å²) >= 11 is 0. The first-order valence-electron chi connectivity index (χ1n) is 6.96. The van der Waals surface area contributed by atoms with Gasteiger partial charge in [0.25, 0.3) is 0 Å². The molecule has 1 saturated heterocycles.